The summed E-state index contributed by atoms with van der Waals surface area (Å²) < 4.78 is 15.8. The van der Waals surface area contributed by atoms with E-state index in [9.17, 15) is 9.59 Å². The quantitative estimate of drug-likeness (QED) is 0.527. The van der Waals surface area contributed by atoms with Gasteiger partial charge in [0, 0.05) is 0 Å². The van der Waals surface area contributed by atoms with Gasteiger partial charge in [0.2, 0.25) is 0 Å². The Kier molecular flexibility index (Phi) is 7.65. The molecule has 0 spiro atoms. The molecule has 1 atom stereocenters. The molecule has 0 saturated heterocycles. The smallest absolute Gasteiger partial charge is 0.338 e. The number of nitrogens with one attached hydrogen (secondary N) is 1. The minimum absolute atomic E-state index is 0.353. The summed E-state index contributed by atoms with van der Waals surface area (Å²) in [5.74, 6) is 0.427. The molecule has 0 aromatic heterocycles. The predicted octanol–water partition coefficient (Wildman–Crippen LogP) is 4.16. The Morgan fingerprint density at radius 2 is 1.45 bits per heavy atom. The number of carbonyl (C=O) groups excluding carboxylic acids is 2. The molecule has 1 amide bonds. The third-order valence-electron chi connectivity index (χ3n) is 4.62. The van der Waals surface area contributed by atoms with Crippen LogP contribution in [-0.4, -0.2) is 32.2 Å². The molecule has 0 aliphatic rings. The van der Waals surface area contributed by atoms with Crippen molar-refractivity contribution in [2.45, 2.75) is 13.0 Å². The highest BCUT2D eigenvalue weighted by Gasteiger charge is 2.18. The maximum Gasteiger partial charge on any atom is 0.338 e. The molecule has 0 bridgehead atoms. The van der Waals surface area contributed by atoms with Gasteiger partial charge in [0.15, 0.2) is 6.61 Å². The third kappa shape index (κ3) is 6.09. The molecule has 0 fully saturated rings. The minimum Gasteiger partial charge on any atom is -0.497 e. The summed E-state index contributed by atoms with van der Waals surface area (Å²) >= 11 is 0. The highest BCUT2D eigenvalue weighted by molar-refractivity contribution is 5.91. The number of rotatable bonds is 9. The van der Waals surface area contributed by atoms with Crippen molar-refractivity contribution in [2.75, 3.05) is 20.3 Å². The molecular formula is C25H25NO5. The Balaban J connectivity index is 1.65. The van der Waals surface area contributed by atoms with Crippen molar-refractivity contribution < 1.29 is 23.8 Å². The van der Waals surface area contributed by atoms with Crippen molar-refractivity contribution in [1.29, 1.82) is 0 Å². The summed E-state index contributed by atoms with van der Waals surface area (Å²) in [6.07, 6.45) is 0. The number of methoxy groups -OCH3 is 1. The first-order valence-corrected chi connectivity index (χ1v) is 9.99. The van der Waals surface area contributed by atoms with Crippen molar-refractivity contribution in [2.24, 2.45) is 0 Å². The van der Waals surface area contributed by atoms with Gasteiger partial charge >= 0.3 is 5.97 Å². The molecule has 3 aromatic rings. The molecule has 0 radical (unpaired) electrons. The number of hydrogen-bond acceptors (Lipinski definition) is 5. The van der Waals surface area contributed by atoms with Crippen LogP contribution in [0.15, 0.2) is 78.9 Å². The van der Waals surface area contributed by atoms with E-state index in [4.69, 9.17) is 14.2 Å². The van der Waals surface area contributed by atoms with Crippen molar-refractivity contribution in [1.82, 2.24) is 5.32 Å². The number of carbonyl (C=O) groups is 2. The lowest BCUT2D eigenvalue weighted by atomic mass is 9.98. The van der Waals surface area contributed by atoms with Gasteiger partial charge in [-0.15, -0.1) is 0 Å². The van der Waals surface area contributed by atoms with Gasteiger partial charge < -0.3 is 19.5 Å². The van der Waals surface area contributed by atoms with Gasteiger partial charge in [0.1, 0.15) is 11.5 Å². The zero-order valence-electron chi connectivity index (χ0n) is 17.5. The molecule has 0 aliphatic carbocycles. The van der Waals surface area contributed by atoms with Crippen molar-refractivity contribution in [3.05, 3.63) is 95.6 Å². The third-order valence-corrected chi connectivity index (χ3v) is 4.62. The summed E-state index contributed by atoms with van der Waals surface area (Å²) in [4.78, 5) is 24.8. The summed E-state index contributed by atoms with van der Waals surface area (Å²) in [5, 5.41) is 2.94. The Hall–Kier alpha value is -3.80. The summed E-state index contributed by atoms with van der Waals surface area (Å²) in [6.45, 7) is 2.04. The van der Waals surface area contributed by atoms with E-state index in [1.165, 1.54) is 0 Å². The molecule has 0 saturated carbocycles. The van der Waals surface area contributed by atoms with Gasteiger partial charge in [-0.25, -0.2) is 4.79 Å². The molecule has 31 heavy (non-hydrogen) atoms. The fraction of sp³-hybridized carbons (Fsp3) is 0.200. The van der Waals surface area contributed by atoms with Crippen LogP contribution in [0, 0.1) is 0 Å². The van der Waals surface area contributed by atoms with E-state index < -0.39 is 11.9 Å². The summed E-state index contributed by atoms with van der Waals surface area (Å²) in [6, 6.07) is 23.3. The number of amides is 1. The van der Waals surface area contributed by atoms with E-state index >= 15 is 0 Å². The number of ether oxygens (including phenoxy) is 3. The lowest BCUT2D eigenvalue weighted by Crippen LogP contribution is -2.33. The number of benzene rings is 3. The van der Waals surface area contributed by atoms with E-state index in [-0.39, 0.29) is 12.6 Å². The molecule has 6 nitrogen and oxygen atoms in total. The van der Waals surface area contributed by atoms with Crippen molar-refractivity contribution in [3.63, 3.8) is 0 Å². The highest BCUT2D eigenvalue weighted by atomic mass is 16.5. The fourth-order valence-corrected chi connectivity index (χ4v) is 3.07. The average Bonchev–Trinajstić information content (AvgIpc) is 2.82. The standard InChI is InChI=1S/C25H25NO5/c1-3-30-22-15-11-20(12-16-22)25(28)31-17-23(27)26-24(18-7-5-4-6-8-18)19-9-13-21(29-2)14-10-19/h4-16,24H,3,17H2,1-2H3,(H,26,27)/t24-/m1/s1. The second kappa shape index (κ2) is 10.8. The van der Waals surface area contributed by atoms with E-state index in [0.29, 0.717) is 17.9 Å². The fourth-order valence-electron chi connectivity index (χ4n) is 3.07. The summed E-state index contributed by atoms with van der Waals surface area (Å²) in [5.41, 5.74) is 2.16. The Morgan fingerprint density at radius 3 is 2.06 bits per heavy atom. The van der Waals surface area contributed by atoms with Gasteiger partial charge in [-0.1, -0.05) is 42.5 Å². The maximum absolute atomic E-state index is 12.6. The van der Waals surface area contributed by atoms with E-state index in [2.05, 4.69) is 5.32 Å². The molecule has 3 rings (SSSR count). The van der Waals surface area contributed by atoms with Crippen LogP contribution in [-0.2, 0) is 9.53 Å². The molecule has 0 unspecified atom stereocenters. The molecule has 0 aliphatic heterocycles. The van der Waals surface area contributed by atoms with Crippen LogP contribution < -0.4 is 14.8 Å². The van der Waals surface area contributed by atoms with Crippen LogP contribution in [0.5, 0.6) is 11.5 Å². The SMILES string of the molecule is CCOc1ccc(C(=O)OCC(=O)N[C@H](c2ccccc2)c2ccc(OC)cc2)cc1. The van der Waals surface area contributed by atoms with Crippen LogP contribution in [0.1, 0.15) is 34.5 Å². The molecule has 160 valence electrons. The molecule has 3 aromatic carbocycles. The van der Waals surface area contributed by atoms with E-state index in [1.54, 1.807) is 31.4 Å². The molecule has 0 heterocycles. The molecule has 1 N–H and O–H groups in total. The first-order chi connectivity index (χ1) is 15.1. The first kappa shape index (κ1) is 21.9. The second-order valence-electron chi connectivity index (χ2n) is 6.72. The average molecular weight is 419 g/mol. The Bertz CT molecular complexity index is 985. The number of hydrogen-bond donors (Lipinski definition) is 1. The zero-order valence-corrected chi connectivity index (χ0v) is 17.5. The topological polar surface area (TPSA) is 73.9 Å². The highest BCUT2D eigenvalue weighted by Crippen LogP contribution is 2.24. The van der Waals surface area contributed by atoms with Gasteiger partial charge in [0.25, 0.3) is 5.91 Å². The van der Waals surface area contributed by atoms with Crippen LogP contribution in [0.25, 0.3) is 0 Å². The van der Waals surface area contributed by atoms with Crippen LogP contribution in [0.4, 0.5) is 0 Å². The largest absolute Gasteiger partial charge is 0.497 e. The van der Waals surface area contributed by atoms with Gasteiger partial charge in [0.05, 0.1) is 25.3 Å². The van der Waals surface area contributed by atoms with Crippen molar-refractivity contribution >= 4 is 11.9 Å². The zero-order chi connectivity index (χ0) is 22.1. The molecular weight excluding hydrogens is 394 g/mol. The van der Waals surface area contributed by atoms with E-state index in [1.807, 2.05) is 61.5 Å². The van der Waals surface area contributed by atoms with Gasteiger partial charge in [-0.2, -0.15) is 0 Å². The predicted molar refractivity (Wildman–Crippen MR) is 117 cm³/mol. The Labute approximate surface area is 181 Å². The molecule has 6 heteroatoms. The second-order valence-corrected chi connectivity index (χ2v) is 6.72. The lowest BCUT2D eigenvalue weighted by molar-refractivity contribution is -0.124. The summed E-state index contributed by atoms with van der Waals surface area (Å²) in [7, 11) is 1.60. The van der Waals surface area contributed by atoms with Gasteiger partial charge in [-0.3, -0.25) is 4.79 Å². The maximum atomic E-state index is 12.6. The lowest BCUT2D eigenvalue weighted by Gasteiger charge is -2.20. The monoisotopic (exact) mass is 419 g/mol. The van der Waals surface area contributed by atoms with E-state index in [0.717, 1.165) is 16.9 Å². The first-order valence-electron chi connectivity index (χ1n) is 9.99. The van der Waals surface area contributed by atoms with Crippen LogP contribution >= 0.6 is 0 Å². The van der Waals surface area contributed by atoms with Gasteiger partial charge in [-0.05, 0) is 54.4 Å². The van der Waals surface area contributed by atoms with Crippen molar-refractivity contribution in [3.8, 4) is 11.5 Å². The normalized spacial score (nSPS) is 11.3. The number of esters is 1. The van der Waals surface area contributed by atoms with Crippen LogP contribution in [0.2, 0.25) is 0 Å². The minimum atomic E-state index is -0.570. The van der Waals surface area contributed by atoms with Crippen LogP contribution in [0.3, 0.4) is 0 Å². The Morgan fingerprint density at radius 1 is 0.839 bits per heavy atom.